The fourth-order valence-corrected chi connectivity index (χ4v) is 2.55. The highest BCUT2D eigenvalue weighted by molar-refractivity contribution is 6.05. The number of fused-ring (bicyclic) bond motifs is 1. The summed E-state index contributed by atoms with van der Waals surface area (Å²) in [5.41, 5.74) is 8.29. The first-order chi connectivity index (χ1) is 12.6. The minimum Gasteiger partial charge on any atom is -0.505 e. The molecule has 4 N–H and O–H groups in total. The Kier molecular flexibility index (Phi) is 4.90. The summed E-state index contributed by atoms with van der Waals surface area (Å²) in [6, 6.07) is 16.8. The van der Waals surface area contributed by atoms with E-state index in [0.29, 0.717) is 17.6 Å². The quantitative estimate of drug-likeness (QED) is 0.374. The van der Waals surface area contributed by atoms with E-state index in [1.165, 1.54) is 6.08 Å². The highest BCUT2D eigenvalue weighted by atomic mass is 16.5. The molecule has 0 saturated carbocycles. The van der Waals surface area contributed by atoms with Gasteiger partial charge in [-0.25, -0.2) is 0 Å². The van der Waals surface area contributed by atoms with Gasteiger partial charge < -0.3 is 20.6 Å². The van der Waals surface area contributed by atoms with Crippen molar-refractivity contribution in [3.63, 3.8) is 0 Å². The second-order valence-corrected chi connectivity index (χ2v) is 5.65. The lowest BCUT2D eigenvalue weighted by Gasteiger charge is -2.02. The lowest BCUT2D eigenvalue weighted by Crippen LogP contribution is -2.14. The van der Waals surface area contributed by atoms with E-state index in [0.717, 1.165) is 16.8 Å². The Morgan fingerprint density at radius 1 is 1.27 bits per heavy atom. The van der Waals surface area contributed by atoms with Crippen LogP contribution in [-0.4, -0.2) is 23.0 Å². The summed E-state index contributed by atoms with van der Waals surface area (Å²) in [5.74, 6) is 0.954. The monoisotopic (exact) mass is 346 g/mol. The summed E-state index contributed by atoms with van der Waals surface area (Å²) in [6.45, 7) is 0.341. The minimum absolute atomic E-state index is 0.0799. The van der Waals surface area contributed by atoms with Crippen LogP contribution in [-0.2, 0) is 6.54 Å². The molecule has 0 saturated heterocycles. The molecule has 0 fully saturated rings. The number of rotatable bonds is 5. The number of aromatic amines is 1. The summed E-state index contributed by atoms with van der Waals surface area (Å²) in [5, 5.41) is 20.4. The maximum atomic E-state index is 10.3. The minimum atomic E-state index is 0.0799. The number of nitrogens with zero attached hydrogens (tertiary/aromatic N) is 2. The van der Waals surface area contributed by atoms with Gasteiger partial charge in [0.1, 0.15) is 23.4 Å². The molecule has 0 aliphatic carbocycles. The fourth-order valence-electron chi connectivity index (χ4n) is 2.55. The Morgan fingerprint density at radius 2 is 2.00 bits per heavy atom. The van der Waals surface area contributed by atoms with Crippen LogP contribution in [0.15, 0.2) is 59.1 Å². The van der Waals surface area contributed by atoms with Gasteiger partial charge in [0.15, 0.2) is 0 Å². The van der Waals surface area contributed by atoms with Crippen molar-refractivity contribution < 1.29 is 9.84 Å². The number of nitrogens with one attached hydrogen (secondary N) is 1. The van der Waals surface area contributed by atoms with Crippen LogP contribution in [0, 0.1) is 11.3 Å². The van der Waals surface area contributed by atoms with Crippen LogP contribution in [0.3, 0.4) is 0 Å². The molecule has 3 aromatic rings. The molecule has 0 amide bonds. The summed E-state index contributed by atoms with van der Waals surface area (Å²) >= 11 is 0. The van der Waals surface area contributed by atoms with Gasteiger partial charge in [-0.05, 0) is 35.9 Å². The van der Waals surface area contributed by atoms with E-state index in [4.69, 9.17) is 10.5 Å². The first-order valence-corrected chi connectivity index (χ1v) is 7.97. The molecule has 0 bridgehead atoms. The lowest BCUT2D eigenvalue weighted by atomic mass is 10.2. The van der Waals surface area contributed by atoms with Crippen LogP contribution in [0.1, 0.15) is 11.3 Å². The van der Waals surface area contributed by atoms with Gasteiger partial charge in [-0.15, -0.1) is 0 Å². The van der Waals surface area contributed by atoms with Crippen LogP contribution < -0.4 is 10.5 Å². The van der Waals surface area contributed by atoms with E-state index in [9.17, 15) is 10.4 Å². The number of H-pyrrole nitrogens is 1. The molecule has 6 nitrogen and oxygen atoms in total. The van der Waals surface area contributed by atoms with Crippen molar-refractivity contribution in [2.45, 2.75) is 6.54 Å². The smallest absolute Gasteiger partial charge is 0.148 e. The van der Waals surface area contributed by atoms with Gasteiger partial charge >= 0.3 is 0 Å². The Morgan fingerprint density at radius 3 is 2.65 bits per heavy atom. The van der Waals surface area contributed by atoms with Gasteiger partial charge in [0.05, 0.1) is 24.9 Å². The number of aromatic hydroxyl groups is 1. The van der Waals surface area contributed by atoms with E-state index in [-0.39, 0.29) is 17.2 Å². The number of aromatic nitrogens is 1. The van der Waals surface area contributed by atoms with Crippen molar-refractivity contribution in [3.8, 4) is 17.6 Å². The molecular formula is C20H18N4O2. The van der Waals surface area contributed by atoms with Gasteiger partial charge in [0.2, 0.25) is 0 Å². The van der Waals surface area contributed by atoms with Crippen LogP contribution >= 0.6 is 0 Å². The molecule has 26 heavy (non-hydrogen) atoms. The third kappa shape index (κ3) is 3.52. The van der Waals surface area contributed by atoms with E-state index < -0.39 is 0 Å². The number of nitriles is 1. The Hall–Kier alpha value is -3.72. The van der Waals surface area contributed by atoms with Crippen LogP contribution in [0.4, 0.5) is 0 Å². The molecule has 0 unspecified atom stereocenters. The van der Waals surface area contributed by atoms with Crippen LogP contribution in [0.25, 0.3) is 17.0 Å². The van der Waals surface area contributed by atoms with Gasteiger partial charge in [-0.2, -0.15) is 5.26 Å². The third-order valence-electron chi connectivity index (χ3n) is 3.98. The van der Waals surface area contributed by atoms with Crippen molar-refractivity contribution in [1.29, 1.82) is 5.26 Å². The lowest BCUT2D eigenvalue weighted by molar-refractivity contribution is 0.414. The Bertz CT molecular complexity index is 1020. The molecule has 0 aliphatic rings. The SMILES string of the molecule is COc1ccc(CN=C(N)C(C#N)=Cc2[nH]c3ccccc3c2O)cc1. The van der Waals surface area contributed by atoms with Gasteiger partial charge in [0, 0.05) is 10.9 Å². The molecule has 3 rings (SSSR count). The highest BCUT2D eigenvalue weighted by Crippen LogP contribution is 2.30. The number of nitrogens with two attached hydrogens (primary N) is 1. The van der Waals surface area contributed by atoms with Gasteiger partial charge in [-0.3, -0.25) is 4.99 Å². The summed E-state index contributed by atoms with van der Waals surface area (Å²) < 4.78 is 5.11. The predicted molar refractivity (Wildman–Crippen MR) is 102 cm³/mol. The van der Waals surface area contributed by atoms with Crippen molar-refractivity contribution >= 4 is 22.8 Å². The first kappa shape index (κ1) is 17.1. The number of para-hydroxylation sites is 1. The second kappa shape index (κ2) is 7.45. The fraction of sp³-hybridized carbons (Fsp3) is 0.100. The zero-order chi connectivity index (χ0) is 18.5. The number of hydrogen-bond acceptors (Lipinski definition) is 4. The molecule has 0 atom stereocenters. The summed E-state index contributed by atoms with van der Waals surface area (Å²) in [4.78, 5) is 7.34. The molecule has 0 radical (unpaired) electrons. The summed E-state index contributed by atoms with van der Waals surface area (Å²) in [6.07, 6.45) is 1.50. The van der Waals surface area contributed by atoms with E-state index >= 15 is 0 Å². The Balaban J connectivity index is 1.85. The number of methoxy groups -OCH3 is 1. The molecule has 1 heterocycles. The van der Waals surface area contributed by atoms with Crippen molar-refractivity contribution in [2.75, 3.05) is 7.11 Å². The second-order valence-electron chi connectivity index (χ2n) is 5.65. The number of hydrogen-bond donors (Lipinski definition) is 3. The van der Waals surface area contributed by atoms with Crippen LogP contribution in [0.5, 0.6) is 11.5 Å². The van der Waals surface area contributed by atoms with Crippen molar-refractivity contribution in [2.24, 2.45) is 10.7 Å². The highest BCUT2D eigenvalue weighted by Gasteiger charge is 2.10. The number of amidine groups is 1. The average molecular weight is 346 g/mol. The number of aliphatic imine (C=N–C) groups is 1. The Labute approximate surface area is 150 Å². The molecule has 0 spiro atoms. The zero-order valence-electron chi connectivity index (χ0n) is 14.2. The number of ether oxygens (including phenoxy) is 1. The maximum absolute atomic E-state index is 10.3. The standard InChI is InChI=1S/C20H18N4O2/c1-26-15-8-6-13(7-9-15)12-23-20(22)14(11-21)10-18-19(25)16-4-2-3-5-17(16)24-18/h2-10,24-25H,12H2,1H3,(H2,22,23). The van der Waals surface area contributed by atoms with Crippen molar-refractivity contribution in [1.82, 2.24) is 4.98 Å². The molecule has 130 valence electrons. The third-order valence-corrected chi connectivity index (χ3v) is 3.98. The van der Waals surface area contributed by atoms with E-state index in [2.05, 4.69) is 9.98 Å². The van der Waals surface area contributed by atoms with Gasteiger partial charge in [0.25, 0.3) is 0 Å². The first-order valence-electron chi connectivity index (χ1n) is 7.97. The number of benzene rings is 2. The average Bonchev–Trinajstić information content (AvgIpc) is 3.00. The molecular weight excluding hydrogens is 328 g/mol. The summed E-state index contributed by atoms with van der Waals surface area (Å²) in [7, 11) is 1.61. The molecule has 1 aromatic heterocycles. The van der Waals surface area contributed by atoms with E-state index in [1.54, 1.807) is 13.2 Å². The van der Waals surface area contributed by atoms with Crippen molar-refractivity contribution in [3.05, 3.63) is 65.4 Å². The zero-order valence-corrected chi connectivity index (χ0v) is 14.2. The molecule has 2 aromatic carbocycles. The largest absolute Gasteiger partial charge is 0.505 e. The topological polar surface area (TPSA) is 107 Å². The normalized spacial score (nSPS) is 12.2. The molecule has 0 aliphatic heterocycles. The molecule has 6 heteroatoms. The van der Waals surface area contributed by atoms with E-state index in [1.807, 2.05) is 48.5 Å². The predicted octanol–water partition coefficient (Wildman–Crippen LogP) is 3.35. The van der Waals surface area contributed by atoms with Gasteiger partial charge in [-0.1, -0.05) is 24.3 Å². The van der Waals surface area contributed by atoms with Crippen LogP contribution in [0.2, 0.25) is 0 Å². The maximum Gasteiger partial charge on any atom is 0.148 e.